The van der Waals surface area contributed by atoms with Gasteiger partial charge in [-0.1, -0.05) is 0 Å². The van der Waals surface area contributed by atoms with Crippen LogP contribution in [0.25, 0.3) is 5.69 Å². The van der Waals surface area contributed by atoms with Crippen molar-refractivity contribution in [1.29, 1.82) is 0 Å². The van der Waals surface area contributed by atoms with Crippen molar-refractivity contribution in [2.75, 3.05) is 0 Å². The molecule has 0 unspecified atom stereocenters. The van der Waals surface area contributed by atoms with Crippen molar-refractivity contribution in [2.45, 2.75) is 32.9 Å². The molecule has 0 atom stereocenters. The highest BCUT2D eigenvalue weighted by atomic mass is 32.1. The third kappa shape index (κ3) is 2.93. The Morgan fingerprint density at radius 3 is 2.88 bits per heavy atom. The molecule has 0 bridgehead atoms. The molecule has 2 heterocycles. The maximum absolute atomic E-state index is 4.05. The van der Waals surface area contributed by atoms with E-state index in [4.69, 9.17) is 0 Å². The van der Waals surface area contributed by atoms with Gasteiger partial charge in [0.1, 0.15) is 0 Å². The lowest BCUT2D eigenvalue weighted by atomic mass is 10.1. The highest BCUT2D eigenvalue weighted by Gasteiger charge is 2.09. The van der Waals surface area contributed by atoms with Crippen molar-refractivity contribution in [3.63, 3.8) is 0 Å². The fourth-order valence-corrected chi connectivity index (χ4v) is 2.17. The second-order valence-electron chi connectivity index (χ2n) is 4.84. The molecule has 4 heteroatoms. The van der Waals surface area contributed by atoms with Crippen molar-refractivity contribution in [1.82, 2.24) is 14.9 Å². The van der Waals surface area contributed by atoms with Gasteiger partial charge in [0, 0.05) is 34.7 Å². The minimum atomic E-state index is 0.166. The molecular formula is C12H17N3S. The maximum Gasteiger partial charge on any atom is 0.0991 e. The predicted octanol–water partition coefficient (Wildman–Crippen LogP) is 2.82. The summed E-state index contributed by atoms with van der Waals surface area (Å²) < 4.78 is 2.02. The molecule has 0 fully saturated rings. The fraction of sp³-hybridized carbons (Fsp3) is 0.417. The van der Waals surface area contributed by atoms with E-state index in [-0.39, 0.29) is 5.54 Å². The molecule has 0 amide bonds. The van der Waals surface area contributed by atoms with E-state index in [0.717, 1.165) is 6.54 Å². The van der Waals surface area contributed by atoms with Gasteiger partial charge in [-0.05, 0) is 26.8 Å². The lowest BCUT2D eigenvalue weighted by molar-refractivity contribution is 0.426. The van der Waals surface area contributed by atoms with Crippen LogP contribution < -0.4 is 5.32 Å². The zero-order chi connectivity index (χ0) is 11.6. The Morgan fingerprint density at radius 2 is 2.25 bits per heavy atom. The van der Waals surface area contributed by atoms with Crippen LogP contribution >= 0.6 is 11.3 Å². The monoisotopic (exact) mass is 235 g/mol. The molecule has 0 saturated heterocycles. The number of thiophene rings is 1. The van der Waals surface area contributed by atoms with Gasteiger partial charge in [-0.15, -0.1) is 11.3 Å². The van der Waals surface area contributed by atoms with Crippen LogP contribution in [0.1, 0.15) is 25.6 Å². The summed E-state index contributed by atoms with van der Waals surface area (Å²) in [6.07, 6.45) is 5.58. The average Bonchev–Trinajstić information content (AvgIpc) is 2.84. The Morgan fingerprint density at radius 1 is 1.44 bits per heavy atom. The fourth-order valence-electron chi connectivity index (χ4n) is 1.36. The summed E-state index contributed by atoms with van der Waals surface area (Å²) >= 11 is 1.78. The SMILES string of the molecule is CC(C)(C)NCc1cc(-n2ccnc2)cs1. The van der Waals surface area contributed by atoms with Crippen LogP contribution in [0.5, 0.6) is 0 Å². The number of hydrogen-bond acceptors (Lipinski definition) is 3. The van der Waals surface area contributed by atoms with Gasteiger partial charge in [0.15, 0.2) is 0 Å². The number of aromatic nitrogens is 2. The summed E-state index contributed by atoms with van der Waals surface area (Å²) in [6, 6.07) is 2.20. The topological polar surface area (TPSA) is 29.9 Å². The normalized spacial score (nSPS) is 11.9. The van der Waals surface area contributed by atoms with Crippen LogP contribution in [-0.2, 0) is 6.54 Å². The smallest absolute Gasteiger partial charge is 0.0991 e. The third-order valence-corrected chi connectivity index (χ3v) is 3.16. The van der Waals surface area contributed by atoms with E-state index in [0.29, 0.717) is 0 Å². The second-order valence-corrected chi connectivity index (χ2v) is 5.84. The van der Waals surface area contributed by atoms with Gasteiger partial charge in [0.2, 0.25) is 0 Å². The van der Waals surface area contributed by atoms with E-state index in [1.807, 2.05) is 17.1 Å². The minimum Gasteiger partial charge on any atom is -0.307 e. The first kappa shape index (κ1) is 11.4. The molecule has 0 aliphatic heterocycles. The molecule has 16 heavy (non-hydrogen) atoms. The average molecular weight is 235 g/mol. The van der Waals surface area contributed by atoms with Gasteiger partial charge in [0.25, 0.3) is 0 Å². The van der Waals surface area contributed by atoms with Gasteiger partial charge in [-0.3, -0.25) is 0 Å². The van der Waals surface area contributed by atoms with Gasteiger partial charge in [-0.2, -0.15) is 0 Å². The van der Waals surface area contributed by atoms with E-state index in [1.54, 1.807) is 17.5 Å². The van der Waals surface area contributed by atoms with Crippen LogP contribution in [-0.4, -0.2) is 15.1 Å². The Labute approximate surface area is 100 Å². The van der Waals surface area contributed by atoms with E-state index in [9.17, 15) is 0 Å². The van der Waals surface area contributed by atoms with E-state index in [1.165, 1.54) is 10.6 Å². The standard InChI is InChI=1S/C12H17N3S/c1-12(2,3)14-7-11-6-10(8-16-11)15-5-4-13-9-15/h4-6,8-9,14H,7H2,1-3H3. The largest absolute Gasteiger partial charge is 0.307 e. The minimum absolute atomic E-state index is 0.166. The molecule has 2 aromatic heterocycles. The van der Waals surface area contributed by atoms with E-state index >= 15 is 0 Å². The molecule has 3 nitrogen and oxygen atoms in total. The molecule has 0 aromatic carbocycles. The van der Waals surface area contributed by atoms with Crippen LogP contribution in [0.15, 0.2) is 30.2 Å². The summed E-state index contributed by atoms with van der Waals surface area (Å²) in [5.41, 5.74) is 1.35. The highest BCUT2D eigenvalue weighted by molar-refractivity contribution is 7.10. The Kier molecular flexibility index (Phi) is 3.12. The first-order chi connectivity index (χ1) is 7.54. The Balaban J connectivity index is 2.03. The number of imidazole rings is 1. The van der Waals surface area contributed by atoms with Crippen molar-refractivity contribution >= 4 is 11.3 Å². The number of nitrogens with zero attached hydrogens (tertiary/aromatic N) is 2. The molecule has 2 rings (SSSR count). The van der Waals surface area contributed by atoms with Gasteiger partial charge in [-0.25, -0.2) is 4.98 Å². The van der Waals surface area contributed by atoms with Crippen molar-refractivity contribution in [3.8, 4) is 5.69 Å². The maximum atomic E-state index is 4.05. The molecule has 0 radical (unpaired) electrons. The first-order valence-electron chi connectivity index (χ1n) is 5.35. The van der Waals surface area contributed by atoms with Gasteiger partial charge < -0.3 is 9.88 Å². The lowest BCUT2D eigenvalue weighted by Crippen LogP contribution is -2.34. The molecule has 1 N–H and O–H groups in total. The Bertz CT molecular complexity index is 437. The second kappa shape index (κ2) is 4.39. The first-order valence-corrected chi connectivity index (χ1v) is 6.23. The molecular weight excluding hydrogens is 218 g/mol. The molecule has 2 aromatic rings. The van der Waals surface area contributed by atoms with Crippen LogP contribution in [0.3, 0.4) is 0 Å². The number of hydrogen-bond donors (Lipinski definition) is 1. The van der Waals surface area contributed by atoms with Crippen molar-refractivity contribution in [2.24, 2.45) is 0 Å². The van der Waals surface area contributed by atoms with Crippen molar-refractivity contribution < 1.29 is 0 Å². The van der Waals surface area contributed by atoms with Crippen LogP contribution in [0, 0.1) is 0 Å². The highest BCUT2D eigenvalue weighted by Crippen LogP contribution is 2.18. The third-order valence-electron chi connectivity index (χ3n) is 2.24. The number of nitrogens with one attached hydrogen (secondary N) is 1. The summed E-state index contributed by atoms with van der Waals surface area (Å²) in [7, 11) is 0. The molecule has 0 spiro atoms. The summed E-state index contributed by atoms with van der Waals surface area (Å²) in [4.78, 5) is 5.39. The zero-order valence-corrected chi connectivity index (χ0v) is 10.7. The van der Waals surface area contributed by atoms with Gasteiger partial charge in [0.05, 0.1) is 12.0 Å². The molecule has 0 aliphatic rings. The number of rotatable bonds is 3. The Hall–Kier alpha value is -1.13. The van der Waals surface area contributed by atoms with Gasteiger partial charge >= 0.3 is 0 Å². The molecule has 86 valence electrons. The summed E-state index contributed by atoms with van der Waals surface area (Å²) in [5, 5.41) is 5.64. The molecule has 0 aliphatic carbocycles. The summed E-state index contributed by atoms with van der Waals surface area (Å²) in [5.74, 6) is 0. The lowest BCUT2D eigenvalue weighted by Gasteiger charge is -2.19. The van der Waals surface area contributed by atoms with E-state index in [2.05, 4.69) is 42.5 Å². The van der Waals surface area contributed by atoms with Crippen molar-refractivity contribution in [3.05, 3.63) is 35.0 Å². The quantitative estimate of drug-likeness (QED) is 0.886. The summed E-state index contributed by atoms with van der Waals surface area (Å²) in [6.45, 7) is 7.45. The van der Waals surface area contributed by atoms with E-state index < -0.39 is 0 Å². The zero-order valence-electron chi connectivity index (χ0n) is 9.90. The predicted molar refractivity (Wildman–Crippen MR) is 68.0 cm³/mol. The molecule has 0 saturated carbocycles. The van der Waals surface area contributed by atoms with Crippen LogP contribution in [0.4, 0.5) is 0 Å². The van der Waals surface area contributed by atoms with Crippen LogP contribution in [0.2, 0.25) is 0 Å².